The van der Waals surface area contributed by atoms with Crippen LogP contribution in [0.15, 0.2) is 35.4 Å². The first-order chi connectivity index (χ1) is 10.5. The van der Waals surface area contributed by atoms with Gasteiger partial charge in [0, 0.05) is 9.79 Å². The van der Waals surface area contributed by atoms with Gasteiger partial charge < -0.3 is 5.11 Å². The van der Waals surface area contributed by atoms with Crippen molar-refractivity contribution in [2.75, 3.05) is 0 Å². The van der Waals surface area contributed by atoms with Gasteiger partial charge in [-0.25, -0.2) is 0 Å². The van der Waals surface area contributed by atoms with E-state index in [-0.39, 0.29) is 10.9 Å². The van der Waals surface area contributed by atoms with E-state index in [1.54, 1.807) is 0 Å². The maximum Gasteiger partial charge on any atom is 0.0674 e. The number of aliphatic hydroxyl groups is 1. The Hall–Kier alpha value is -1.22. The van der Waals surface area contributed by atoms with Gasteiger partial charge in [-0.1, -0.05) is 48.3 Å². The van der Waals surface area contributed by atoms with Gasteiger partial charge in [-0.3, -0.25) is 0 Å². The third kappa shape index (κ3) is 3.40. The van der Waals surface area contributed by atoms with Crippen molar-refractivity contribution in [3.05, 3.63) is 46.3 Å². The van der Waals surface area contributed by atoms with Crippen molar-refractivity contribution in [3.63, 3.8) is 0 Å². The first-order valence-corrected chi connectivity index (χ1v) is 8.40. The molecule has 0 saturated heterocycles. The Kier molecular flexibility index (Phi) is 4.35. The van der Waals surface area contributed by atoms with Gasteiger partial charge >= 0.3 is 0 Å². The lowest BCUT2D eigenvalue weighted by molar-refractivity contribution is -0.0539. The van der Waals surface area contributed by atoms with Crippen LogP contribution in [0.5, 0.6) is 0 Å². The fourth-order valence-electron chi connectivity index (χ4n) is 4.44. The third-order valence-electron chi connectivity index (χ3n) is 5.15. The van der Waals surface area contributed by atoms with Crippen molar-refractivity contribution >= 4 is 11.6 Å². The summed E-state index contributed by atoms with van der Waals surface area (Å²) in [7, 11) is 0. The van der Waals surface area contributed by atoms with E-state index in [2.05, 4.69) is 10.0 Å². The fourth-order valence-corrected chi connectivity index (χ4v) is 5.04. The second-order valence-corrected chi connectivity index (χ2v) is 7.86. The van der Waals surface area contributed by atoms with Crippen LogP contribution >= 0.6 is 11.6 Å². The van der Waals surface area contributed by atoms with Crippen LogP contribution in [-0.2, 0) is 0 Å². The van der Waals surface area contributed by atoms with Gasteiger partial charge in [0.2, 0.25) is 0 Å². The van der Waals surface area contributed by atoms with Crippen LogP contribution in [-0.4, -0.2) is 15.6 Å². The van der Waals surface area contributed by atoms with Crippen molar-refractivity contribution in [2.24, 2.45) is 11.0 Å². The van der Waals surface area contributed by atoms with Crippen LogP contribution in [0.25, 0.3) is 10.4 Å². The summed E-state index contributed by atoms with van der Waals surface area (Å²) in [5.41, 5.74) is 8.99. The highest BCUT2D eigenvalue weighted by atomic mass is 35.5. The van der Waals surface area contributed by atoms with Gasteiger partial charge in [0.25, 0.3) is 0 Å². The Balaban J connectivity index is 1.81. The standard InChI is InChI=1S/C17H22ClN3O/c18-16-8-4-5-13(9-16)10-17(22,12-16)11-15(20-21-19)14-6-2-1-3-7-14/h1-3,6-7,13,15,22H,4-5,8-12H2/t13?,15?,16-,17-/m1/s1. The summed E-state index contributed by atoms with van der Waals surface area (Å²) in [4.78, 5) is 2.71. The Morgan fingerprint density at radius 2 is 2.14 bits per heavy atom. The maximum absolute atomic E-state index is 11.1. The maximum atomic E-state index is 11.1. The average Bonchev–Trinajstić information content (AvgIpc) is 2.46. The highest BCUT2D eigenvalue weighted by Crippen LogP contribution is 2.52. The minimum Gasteiger partial charge on any atom is -0.390 e. The van der Waals surface area contributed by atoms with Crippen LogP contribution in [0.2, 0.25) is 0 Å². The molecular formula is C17H22ClN3O. The van der Waals surface area contributed by atoms with E-state index in [4.69, 9.17) is 17.1 Å². The summed E-state index contributed by atoms with van der Waals surface area (Å²) < 4.78 is 0. The van der Waals surface area contributed by atoms with Crippen molar-refractivity contribution in [2.45, 2.75) is 61.5 Å². The summed E-state index contributed by atoms with van der Waals surface area (Å²) in [6.07, 6.45) is 6.11. The molecule has 1 aromatic rings. The summed E-state index contributed by atoms with van der Waals surface area (Å²) in [5.74, 6) is 0.493. The van der Waals surface area contributed by atoms with Gasteiger partial charge in [0.05, 0.1) is 11.6 Å². The zero-order valence-electron chi connectivity index (χ0n) is 12.7. The molecule has 5 heteroatoms. The topological polar surface area (TPSA) is 69.0 Å². The monoisotopic (exact) mass is 319 g/mol. The number of fused-ring (bicyclic) bond motifs is 2. The molecule has 118 valence electrons. The zero-order chi connectivity index (χ0) is 15.6. The molecule has 2 aliphatic rings. The van der Waals surface area contributed by atoms with E-state index >= 15 is 0 Å². The highest BCUT2D eigenvalue weighted by molar-refractivity contribution is 6.24. The first kappa shape index (κ1) is 15.7. The lowest BCUT2D eigenvalue weighted by Gasteiger charge is -2.49. The van der Waals surface area contributed by atoms with Gasteiger partial charge in [-0.05, 0) is 49.1 Å². The van der Waals surface area contributed by atoms with Gasteiger partial charge in [-0.2, -0.15) is 0 Å². The number of halogens is 1. The molecule has 0 heterocycles. The van der Waals surface area contributed by atoms with Crippen LogP contribution in [0.4, 0.5) is 0 Å². The molecule has 1 aromatic carbocycles. The Bertz CT molecular complexity index is 575. The SMILES string of the molecule is [N-]=[N+]=NC(C[C@]1(O)CC2CCC[C@@](Cl)(C2)C1)c1ccccc1. The second kappa shape index (κ2) is 6.11. The minimum absolute atomic E-state index is 0.270. The molecule has 0 radical (unpaired) electrons. The Labute approximate surface area is 136 Å². The average molecular weight is 320 g/mol. The van der Waals surface area contributed by atoms with E-state index in [0.717, 1.165) is 37.7 Å². The van der Waals surface area contributed by atoms with Crippen LogP contribution < -0.4 is 0 Å². The molecule has 0 amide bonds. The first-order valence-electron chi connectivity index (χ1n) is 8.02. The molecule has 2 fully saturated rings. The largest absolute Gasteiger partial charge is 0.390 e. The summed E-state index contributed by atoms with van der Waals surface area (Å²) in [6, 6.07) is 9.35. The summed E-state index contributed by atoms with van der Waals surface area (Å²) in [6.45, 7) is 0. The predicted molar refractivity (Wildman–Crippen MR) is 87.7 cm³/mol. The molecule has 22 heavy (non-hydrogen) atoms. The number of azide groups is 1. The van der Waals surface area contributed by atoms with Gasteiger partial charge in [-0.15, -0.1) is 11.6 Å². The molecule has 4 atom stereocenters. The quantitative estimate of drug-likeness (QED) is 0.356. The Morgan fingerprint density at radius 3 is 2.82 bits per heavy atom. The summed E-state index contributed by atoms with van der Waals surface area (Å²) in [5, 5.41) is 15.1. The number of alkyl halides is 1. The molecule has 2 unspecified atom stereocenters. The van der Waals surface area contributed by atoms with Gasteiger partial charge in [0.1, 0.15) is 0 Å². The molecule has 2 bridgehead atoms. The number of hydrogen-bond donors (Lipinski definition) is 1. The van der Waals surface area contributed by atoms with E-state index in [1.807, 2.05) is 30.3 Å². The number of hydrogen-bond acceptors (Lipinski definition) is 2. The lowest BCUT2D eigenvalue weighted by atomic mass is 9.64. The van der Waals surface area contributed by atoms with Crippen molar-refractivity contribution in [1.82, 2.24) is 0 Å². The molecule has 1 N–H and O–H groups in total. The number of rotatable bonds is 4. The van der Waals surface area contributed by atoms with E-state index in [1.165, 1.54) is 0 Å². The molecule has 3 rings (SSSR count). The Morgan fingerprint density at radius 1 is 1.36 bits per heavy atom. The molecular weight excluding hydrogens is 298 g/mol. The fraction of sp³-hybridized carbons (Fsp3) is 0.647. The minimum atomic E-state index is -0.834. The lowest BCUT2D eigenvalue weighted by Crippen LogP contribution is -2.48. The molecule has 4 nitrogen and oxygen atoms in total. The van der Waals surface area contributed by atoms with Crippen molar-refractivity contribution in [1.29, 1.82) is 0 Å². The van der Waals surface area contributed by atoms with Crippen LogP contribution in [0.1, 0.15) is 56.6 Å². The second-order valence-electron chi connectivity index (χ2n) is 7.05. The van der Waals surface area contributed by atoms with E-state index in [9.17, 15) is 5.11 Å². The molecule has 2 aliphatic carbocycles. The zero-order valence-corrected chi connectivity index (χ0v) is 13.4. The smallest absolute Gasteiger partial charge is 0.0674 e. The molecule has 0 aromatic heterocycles. The highest BCUT2D eigenvalue weighted by Gasteiger charge is 2.49. The third-order valence-corrected chi connectivity index (χ3v) is 5.63. The molecule has 0 spiro atoms. The normalized spacial score (nSPS) is 35.5. The van der Waals surface area contributed by atoms with Crippen molar-refractivity contribution in [3.8, 4) is 0 Å². The molecule has 0 aliphatic heterocycles. The van der Waals surface area contributed by atoms with Crippen LogP contribution in [0.3, 0.4) is 0 Å². The number of benzene rings is 1. The molecule has 2 saturated carbocycles. The van der Waals surface area contributed by atoms with Crippen LogP contribution in [0, 0.1) is 5.92 Å². The van der Waals surface area contributed by atoms with E-state index < -0.39 is 5.60 Å². The summed E-state index contributed by atoms with van der Waals surface area (Å²) >= 11 is 6.73. The number of nitrogens with zero attached hydrogens (tertiary/aromatic N) is 3. The predicted octanol–water partition coefficient (Wildman–Crippen LogP) is 5.12. The van der Waals surface area contributed by atoms with Gasteiger partial charge in [0.15, 0.2) is 0 Å². The van der Waals surface area contributed by atoms with Crippen molar-refractivity contribution < 1.29 is 5.11 Å². The van der Waals surface area contributed by atoms with E-state index in [0.29, 0.717) is 18.8 Å².